The molecule has 2 aromatic carbocycles. The maximum atomic E-state index is 12.5. The Morgan fingerprint density at radius 1 is 1.11 bits per heavy atom. The van der Waals surface area contributed by atoms with Crippen molar-refractivity contribution < 1.29 is 19.1 Å². The minimum atomic E-state index is -0.979. The molecule has 1 heterocycles. The van der Waals surface area contributed by atoms with Gasteiger partial charge in [0.05, 0.1) is 21.7 Å². The van der Waals surface area contributed by atoms with Crippen LogP contribution in [0.5, 0.6) is 0 Å². The average molecular weight is 441 g/mol. The fourth-order valence-corrected chi connectivity index (χ4v) is 3.50. The Morgan fingerprint density at radius 3 is 2.46 bits per heavy atom. The van der Waals surface area contributed by atoms with Gasteiger partial charge in [0.15, 0.2) is 6.10 Å². The van der Waals surface area contributed by atoms with E-state index < -0.39 is 18.0 Å². The highest BCUT2D eigenvalue weighted by atomic mass is 35.5. The molecule has 0 N–H and O–H groups in total. The summed E-state index contributed by atoms with van der Waals surface area (Å²) in [5, 5.41) is 1.07. The van der Waals surface area contributed by atoms with Crippen LogP contribution < -0.4 is 4.90 Å². The number of carbonyl (C=O) groups excluding carboxylic acids is 3. The van der Waals surface area contributed by atoms with Crippen LogP contribution in [0.2, 0.25) is 15.1 Å². The number of carbonyl (C=O) groups is 3. The monoisotopic (exact) mass is 439 g/mol. The van der Waals surface area contributed by atoms with Gasteiger partial charge >= 0.3 is 5.97 Å². The van der Waals surface area contributed by atoms with Crippen molar-refractivity contribution in [3.05, 3.63) is 63.1 Å². The van der Waals surface area contributed by atoms with Crippen LogP contribution in [0.1, 0.15) is 23.7 Å². The van der Waals surface area contributed by atoms with Gasteiger partial charge in [0.1, 0.15) is 0 Å². The van der Waals surface area contributed by atoms with Crippen molar-refractivity contribution in [2.75, 3.05) is 11.4 Å². The molecule has 0 saturated carbocycles. The van der Waals surface area contributed by atoms with E-state index in [1.54, 1.807) is 42.5 Å². The molecule has 1 fully saturated rings. The molecule has 1 aliphatic heterocycles. The van der Waals surface area contributed by atoms with Gasteiger partial charge in [-0.2, -0.15) is 0 Å². The minimum absolute atomic E-state index is 0.0243. The molecule has 0 radical (unpaired) electrons. The van der Waals surface area contributed by atoms with Crippen LogP contribution in [0, 0.1) is 5.92 Å². The normalized spacial score (nSPS) is 17.5. The molecule has 0 bridgehead atoms. The Balaban J connectivity index is 1.66. The molecule has 1 aliphatic rings. The highest BCUT2D eigenvalue weighted by molar-refractivity contribution is 6.44. The molecule has 3 rings (SSSR count). The standard InChI is InChI=1S/C20H16Cl3NO4/c1-11(19(26)12-5-7-14(21)8-6-12)28-20(27)13-9-17(25)24(10-13)16-4-2-3-15(22)18(16)23/h2-8,11,13H,9-10H2,1H3/t11-,13-/m0/s1. The smallest absolute Gasteiger partial charge is 0.312 e. The Hall–Kier alpha value is -2.08. The Kier molecular flexibility index (Phi) is 6.28. The van der Waals surface area contributed by atoms with Crippen LogP contribution in [0.15, 0.2) is 42.5 Å². The summed E-state index contributed by atoms with van der Waals surface area (Å²) in [5.41, 5.74) is 0.833. The van der Waals surface area contributed by atoms with Gasteiger partial charge in [-0.15, -0.1) is 0 Å². The molecular formula is C20H16Cl3NO4. The number of anilines is 1. The lowest BCUT2D eigenvalue weighted by Gasteiger charge is -2.19. The van der Waals surface area contributed by atoms with Crippen molar-refractivity contribution in [3.63, 3.8) is 0 Å². The summed E-state index contributed by atoms with van der Waals surface area (Å²) < 4.78 is 5.31. The predicted octanol–water partition coefficient (Wildman–Crippen LogP) is 4.81. The van der Waals surface area contributed by atoms with Crippen LogP contribution in [0.4, 0.5) is 5.69 Å². The molecule has 28 heavy (non-hydrogen) atoms. The lowest BCUT2D eigenvalue weighted by Crippen LogP contribution is -2.30. The predicted molar refractivity (Wildman–Crippen MR) is 108 cm³/mol. The summed E-state index contributed by atoms with van der Waals surface area (Å²) in [6.07, 6.45) is -1.00. The Labute approximate surface area is 177 Å². The first-order valence-electron chi connectivity index (χ1n) is 8.52. The summed E-state index contributed by atoms with van der Waals surface area (Å²) >= 11 is 18.0. The Morgan fingerprint density at radius 2 is 1.79 bits per heavy atom. The second-order valence-electron chi connectivity index (χ2n) is 6.43. The SMILES string of the molecule is C[C@H](OC(=O)[C@H]1CC(=O)N(c2cccc(Cl)c2Cl)C1)C(=O)c1ccc(Cl)cc1. The number of rotatable bonds is 5. The van der Waals surface area contributed by atoms with Gasteiger partial charge in [-0.1, -0.05) is 40.9 Å². The third-order valence-corrected chi connectivity index (χ3v) is 5.53. The van der Waals surface area contributed by atoms with E-state index in [2.05, 4.69) is 0 Å². The highest BCUT2D eigenvalue weighted by Gasteiger charge is 2.38. The second kappa shape index (κ2) is 8.52. The van der Waals surface area contributed by atoms with Gasteiger partial charge in [0.25, 0.3) is 0 Å². The maximum Gasteiger partial charge on any atom is 0.312 e. The topological polar surface area (TPSA) is 63.7 Å². The fraction of sp³-hybridized carbons (Fsp3) is 0.250. The minimum Gasteiger partial charge on any atom is -0.454 e. The van der Waals surface area contributed by atoms with Crippen molar-refractivity contribution in [1.82, 2.24) is 0 Å². The van der Waals surface area contributed by atoms with E-state index in [0.29, 0.717) is 21.3 Å². The van der Waals surface area contributed by atoms with Crippen LogP contribution in [0.3, 0.4) is 0 Å². The van der Waals surface area contributed by atoms with E-state index >= 15 is 0 Å². The number of nitrogens with zero attached hydrogens (tertiary/aromatic N) is 1. The molecule has 2 atom stereocenters. The van der Waals surface area contributed by atoms with Gasteiger partial charge < -0.3 is 9.64 Å². The number of amides is 1. The molecule has 0 aromatic heterocycles. The summed E-state index contributed by atoms with van der Waals surface area (Å²) in [7, 11) is 0. The zero-order valence-corrected chi connectivity index (χ0v) is 17.1. The quantitative estimate of drug-likeness (QED) is 0.494. The van der Waals surface area contributed by atoms with E-state index in [4.69, 9.17) is 39.5 Å². The van der Waals surface area contributed by atoms with Gasteiger partial charge in [0, 0.05) is 23.6 Å². The third kappa shape index (κ3) is 4.32. The molecule has 1 amide bonds. The molecule has 0 unspecified atom stereocenters. The highest BCUT2D eigenvalue weighted by Crippen LogP contribution is 2.36. The van der Waals surface area contributed by atoms with Crippen molar-refractivity contribution in [2.45, 2.75) is 19.4 Å². The van der Waals surface area contributed by atoms with Crippen LogP contribution in [-0.2, 0) is 14.3 Å². The number of ether oxygens (including phenoxy) is 1. The largest absolute Gasteiger partial charge is 0.454 e. The van der Waals surface area contributed by atoms with Gasteiger partial charge in [-0.3, -0.25) is 14.4 Å². The van der Waals surface area contributed by atoms with Crippen LogP contribution in [0.25, 0.3) is 0 Å². The number of halogens is 3. The number of hydrogen-bond acceptors (Lipinski definition) is 4. The molecule has 0 spiro atoms. The molecule has 1 saturated heterocycles. The molecule has 8 heteroatoms. The number of Topliss-reactive ketones (excluding diaryl/α,β-unsaturated/α-hetero) is 1. The lowest BCUT2D eigenvalue weighted by molar-refractivity contribution is -0.151. The maximum absolute atomic E-state index is 12.5. The number of hydrogen-bond donors (Lipinski definition) is 0. The fourth-order valence-electron chi connectivity index (χ4n) is 2.97. The van der Waals surface area contributed by atoms with Crippen molar-refractivity contribution in [2.24, 2.45) is 5.92 Å². The van der Waals surface area contributed by atoms with Gasteiger partial charge in [-0.05, 0) is 43.3 Å². The van der Waals surface area contributed by atoms with E-state index in [-0.39, 0.29) is 29.7 Å². The van der Waals surface area contributed by atoms with E-state index in [0.717, 1.165) is 0 Å². The zero-order valence-electron chi connectivity index (χ0n) is 14.8. The summed E-state index contributed by atoms with van der Waals surface area (Å²) in [4.78, 5) is 38.7. The van der Waals surface area contributed by atoms with Gasteiger partial charge in [-0.25, -0.2) is 0 Å². The first kappa shape index (κ1) is 20.6. The first-order valence-corrected chi connectivity index (χ1v) is 9.66. The Bertz CT molecular complexity index is 930. The number of esters is 1. The molecule has 146 valence electrons. The first-order chi connectivity index (χ1) is 13.3. The molecule has 2 aromatic rings. The summed E-state index contributed by atoms with van der Waals surface area (Å²) in [6, 6.07) is 11.3. The molecule has 5 nitrogen and oxygen atoms in total. The van der Waals surface area contributed by atoms with E-state index in [9.17, 15) is 14.4 Å². The van der Waals surface area contributed by atoms with Gasteiger partial charge in [0.2, 0.25) is 11.7 Å². The second-order valence-corrected chi connectivity index (χ2v) is 7.65. The lowest BCUT2D eigenvalue weighted by atomic mass is 10.1. The van der Waals surface area contributed by atoms with E-state index in [1.807, 2.05) is 0 Å². The van der Waals surface area contributed by atoms with Crippen molar-refractivity contribution in [1.29, 1.82) is 0 Å². The van der Waals surface area contributed by atoms with Crippen molar-refractivity contribution >= 4 is 58.1 Å². The summed E-state index contributed by atoms with van der Waals surface area (Å²) in [5.74, 6) is -1.90. The molecule has 0 aliphatic carbocycles. The van der Waals surface area contributed by atoms with E-state index in [1.165, 1.54) is 11.8 Å². The van der Waals surface area contributed by atoms with Crippen LogP contribution >= 0.6 is 34.8 Å². The third-order valence-electron chi connectivity index (χ3n) is 4.47. The van der Waals surface area contributed by atoms with Crippen LogP contribution in [-0.4, -0.2) is 30.3 Å². The van der Waals surface area contributed by atoms with Crippen molar-refractivity contribution in [3.8, 4) is 0 Å². The number of benzene rings is 2. The molecular weight excluding hydrogens is 425 g/mol. The average Bonchev–Trinajstić information content (AvgIpc) is 3.05. The zero-order chi connectivity index (χ0) is 20.4. The summed E-state index contributed by atoms with van der Waals surface area (Å²) in [6.45, 7) is 1.61. The number of ketones is 1.